The molecule has 1 amide bonds. The molecule has 5 nitrogen and oxygen atoms in total. The molecule has 6 heteroatoms. The standard InChI is InChI=1S/C25H32N2O3S/c1-19(2)21-8-12-24(13-9-21)31(29,30)26-16-14-22(15-17-26)25(28)27(23-10-11-23)18-20-6-4-3-5-7-20/h3-9,12-13,19,22-23H,10-11,14-18H2,1-2H3. The van der Waals surface area contributed by atoms with Gasteiger partial charge in [-0.05, 0) is 54.9 Å². The Morgan fingerprint density at radius 2 is 1.58 bits per heavy atom. The first-order valence-electron chi connectivity index (χ1n) is 11.3. The van der Waals surface area contributed by atoms with Crippen LogP contribution in [0.1, 0.15) is 56.6 Å². The van der Waals surface area contributed by atoms with Gasteiger partial charge in [0, 0.05) is 31.6 Å². The van der Waals surface area contributed by atoms with Crippen molar-refractivity contribution >= 4 is 15.9 Å². The summed E-state index contributed by atoms with van der Waals surface area (Å²) < 4.78 is 27.7. The van der Waals surface area contributed by atoms with E-state index in [4.69, 9.17) is 0 Å². The summed E-state index contributed by atoms with van der Waals surface area (Å²) in [5.74, 6) is 0.451. The van der Waals surface area contributed by atoms with Crippen LogP contribution < -0.4 is 0 Å². The molecule has 2 aromatic rings. The Morgan fingerprint density at radius 1 is 0.968 bits per heavy atom. The number of rotatable bonds is 7. The third-order valence-corrected chi connectivity index (χ3v) is 8.37. The monoisotopic (exact) mass is 440 g/mol. The number of hydrogen-bond donors (Lipinski definition) is 0. The van der Waals surface area contributed by atoms with Gasteiger partial charge in [-0.2, -0.15) is 4.31 Å². The molecule has 0 bridgehead atoms. The molecule has 0 unspecified atom stereocenters. The topological polar surface area (TPSA) is 57.7 Å². The fourth-order valence-electron chi connectivity index (χ4n) is 4.30. The van der Waals surface area contributed by atoms with Crippen LogP contribution in [0.2, 0.25) is 0 Å². The molecule has 0 aromatic heterocycles. The van der Waals surface area contributed by atoms with Gasteiger partial charge in [-0.1, -0.05) is 56.3 Å². The quantitative estimate of drug-likeness (QED) is 0.641. The molecule has 0 N–H and O–H groups in total. The van der Waals surface area contributed by atoms with Gasteiger partial charge in [0.05, 0.1) is 4.90 Å². The second-order valence-corrected chi connectivity index (χ2v) is 11.0. The van der Waals surface area contributed by atoms with Crippen molar-refractivity contribution in [3.05, 3.63) is 65.7 Å². The molecule has 1 aliphatic heterocycles. The SMILES string of the molecule is CC(C)c1ccc(S(=O)(=O)N2CCC(C(=O)N(Cc3ccccc3)C3CC3)CC2)cc1. The molecular weight excluding hydrogens is 408 g/mol. The molecule has 2 aliphatic rings. The van der Waals surface area contributed by atoms with E-state index in [0.29, 0.717) is 49.3 Å². The number of hydrogen-bond acceptors (Lipinski definition) is 3. The van der Waals surface area contributed by atoms with Crippen molar-refractivity contribution in [2.75, 3.05) is 13.1 Å². The number of sulfonamides is 1. The first kappa shape index (κ1) is 22.0. The summed E-state index contributed by atoms with van der Waals surface area (Å²) in [7, 11) is -3.52. The predicted octanol–water partition coefficient (Wildman–Crippen LogP) is 4.40. The van der Waals surface area contributed by atoms with E-state index in [0.717, 1.165) is 24.0 Å². The van der Waals surface area contributed by atoms with Crippen LogP contribution in [0, 0.1) is 5.92 Å². The maximum atomic E-state index is 13.3. The third-order valence-electron chi connectivity index (χ3n) is 6.45. The van der Waals surface area contributed by atoms with Crippen LogP contribution >= 0.6 is 0 Å². The highest BCUT2D eigenvalue weighted by atomic mass is 32.2. The van der Waals surface area contributed by atoms with E-state index in [-0.39, 0.29) is 11.8 Å². The zero-order chi connectivity index (χ0) is 22.0. The maximum Gasteiger partial charge on any atom is 0.243 e. The van der Waals surface area contributed by atoms with Gasteiger partial charge in [0.25, 0.3) is 0 Å². The fourth-order valence-corrected chi connectivity index (χ4v) is 5.77. The first-order chi connectivity index (χ1) is 14.9. The molecule has 0 radical (unpaired) electrons. The Balaban J connectivity index is 1.39. The van der Waals surface area contributed by atoms with Crippen LogP contribution in [0.5, 0.6) is 0 Å². The molecular formula is C25H32N2O3S. The van der Waals surface area contributed by atoms with Crippen LogP contribution in [0.3, 0.4) is 0 Å². The number of amides is 1. The first-order valence-corrected chi connectivity index (χ1v) is 12.7. The average Bonchev–Trinajstić information content (AvgIpc) is 3.63. The Labute approximate surface area is 186 Å². The van der Waals surface area contributed by atoms with Crippen molar-refractivity contribution in [3.8, 4) is 0 Å². The molecule has 4 rings (SSSR count). The van der Waals surface area contributed by atoms with Gasteiger partial charge in [0.15, 0.2) is 0 Å². The lowest BCUT2D eigenvalue weighted by Crippen LogP contribution is -2.44. The van der Waals surface area contributed by atoms with E-state index in [1.165, 1.54) is 0 Å². The Morgan fingerprint density at radius 3 is 2.13 bits per heavy atom. The summed E-state index contributed by atoms with van der Waals surface area (Å²) in [5, 5.41) is 0. The highest BCUT2D eigenvalue weighted by Gasteiger charge is 2.38. The number of piperidine rings is 1. The molecule has 1 saturated heterocycles. The molecule has 1 saturated carbocycles. The van der Waals surface area contributed by atoms with Gasteiger partial charge in [-0.3, -0.25) is 4.79 Å². The lowest BCUT2D eigenvalue weighted by molar-refractivity contribution is -0.138. The second kappa shape index (κ2) is 9.13. The van der Waals surface area contributed by atoms with E-state index in [9.17, 15) is 13.2 Å². The molecule has 1 heterocycles. The molecule has 2 aromatic carbocycles. The van der Waals surface area contributed by atoms with Crippen molar-refractivity contribution < 1.29 is 13.2 Å². The lowest BCUT2D eigenvalue weighted by atomic mass is 9.96. The van der Waals surface area contributed by atoms with Gasteiger partial charge >= 0.3 is 0 Å². The summed E-state index contributed by atoms with van der Waals surface area (Å²) in [6.45, 7) is 5.62. The third kappa shape index (κ3) is 5.01. The molecule has 2 fully saturated rings. The minimum Gasteiger partial charge on any atom is -0.335 e. The van der Waals surface area contributed by atoms with Crippen molar-refractivity contribution in [2.24, 2.45) is 5.92 Å². The second-order valence-electron chi connectivity index (χ2n) is 9.09. The van der Waals surface area contributed by atoms with Gasteiger partial charge < -0.3 is 4.90 Å². The fraction of sp³-hybridized carbons (Fsp3) is 0.480. The number of carbonyl (C=O) groups is 1. The van der Waals surface area contributed by atoms with Crippen LogP contribution in [-0.2, 0) is 21.4 Å². The van der Waals surface area contributed by atoms with Crippen molar-refractivity contribution in [3.63, 3.8) is 0 Å². The van der Waals surface area contributed by atoms with Gasteiger partial charge in [0.2, 0.25) is 15.9 Å². The van der Waals surface area contributed by atoms with E-state index in [1.807, 2.05) is 35.2 Å². The predicted molar refractivity (Wildman–Crippen MR) is 122 cm³/mol. The Hall–Kier alpha value is -2.18. The van der Waals surface area contributed by atoms with Crippen molar-refractivity contribution in [2.45, 2.75) is 62.9 Å². The Kier molecular flexibility index (Phi) is 6.49. The zero-order valence-corrected chi connectivity index (χ0v) is 19.2. The zero-order valence-electron chi connectivity index (χ0n) is 18.4. The minimum atomic E-state index is -3.52. The van der Waals surface area contributed by atoms with Crippen LogP contribution in [0.15, 0.2) is 59.5 Å². The smallest absolute Gasteiger partial charge is 0.243 e. The molecule has 0 atom stereocenters. The van der Waals surface area contributed by atoms with Gasteiger partial charge in [0.1, 0.15) is 0 Å². The average molecular weight is 441 g/mol. The maximum absolute atomic E-state index is 13.3. The van der Waals surface area contributed by atoms with Gasteiger partial charge in [-0.25, -0.2) is 8.42 Å². The van der Waals surface area contributed by atoms with E-state index >= 15 is 0 Å². The summed E-state index contributed by atoms with van der Waals surface area (Å²) in [6.07, 6.45) is 3.30. The summed E-state index contributed by atoms with van der Waals surface area (Å²) in [5.41, 5.74) is 2.27. The largest absolute Gasteiger partial charge is 0.335 e. The van der Waals surface area contributed by atoms with Crippen LogP contribution in [0.4, 0.5) is 0 Å². The number of benzene rings is 2. The molecule has 166 valence electrons. The minimum absolute atomic E-state index is 0.0981. The van der Waals surface area contributed by atoms with Gasteiger partial charge in [-0.15, -0.1) is 0 Å². The molecule has 1 aliphatic carbocycles. The highest BCUT2D eigenvalue weighted by molar-refractivity contribution is 7.89. The summed E-state index contributed by atoms with van der Waals surface area (Å²) in [4.78, 5) is 15.6. The molecule has 0 spiro atoms. The lowest BCUT2D eigenvalue weighted by Gasteiger charge is -2.34. The summed E-state index contributed by atoms with van der Waals surface area (Å²) in [6, 6.07) is 17.6. The highest BCUT2D eigenvalue weighted by Crippen LogP contribution is 2.33. The van der Waals surface area contributed by atoms with Crippen molar-refractivity contribution in [1.82, 2.24) is 9.21 Å². The van der Waals surface area contributed by atoms with E-state index in [2.05, 4.69) is 26.0 Å². The number of nitrogens with zero attached hydrogens (tertiary/aromatic N) is 2. The van der Waals surface area contributed by atoms with Crippen LogP contribution in [-0.4, -0.2) is 42.7 Å². The van der Waals surface area contributed by atoms with Crippen LogP contribution in [0.25, 0.3) is 0 Å². The summed E-state index contributed by atoms with van der Waals surface area (Å²) >= 11 is 0. The molecule has 31 heavy (non-hydrogen) atoms. The Bertz CT molecular complexity index is 991. The van der Waals surface area contributed by atoms with E-state index < -0.39 is 10.0 Å². The number of carbonyl (C=O) groups excluding carboxylic acids is 1. The van der Waals surface area contributed by atoms with E-state index in [1.54, 1.807) is 16.4 Å². The normalized spacial score (nSPS) is 18.3. The van der Waals surface area contributed by atoms with Crippen molar-refractivity contribution in [1.29, 1.82) is 0 Å².